The van der Waals surface area contributed by atoms with Crippen LogP contribution in [0.2, 0.25) is 0 Å². The number of hydrogen-bond acceptors (Lipinski definition) is 5. The Kier molecular flexibility index (Phi) is 5.33. The minimum atomic E-state index is -3.75. The summed E-state index contributed by atoms with van der Waals surface area (Å²) in [7, 11) is -3.75. The van der Waals surface area contributed by atoms with Crippen LogP contribution in [0.5, 0.6) is 0 Å². The van der Waals surface area contributed by atoms with Gasteiger partial charge < -0.3 is 4.90 Å². The van der Waals surface area contributed by atoms with E-state index in [1.165, 1.54) is 12.1 Å². The highest BCUT2D eigenvalue weighted by molar-refractivity contribution is 7.89. The van der Waals surface area contributed by atoms with E-state index in [4.69, 9.17) is 0 Å². The van der Waals surface area contributed by atoms with Gasteiger partial charge in [-0.25, -0.2) is 8.42 Å². The number of pyridine rings is 1. The molecule has 152 valence electrons. The maximum Gasteiger partial charge on any atom is 0.241 e. The lowest BCUT2D eigenvalue weighted by molar-refractivity contribution is -0.133. The number of piperidine rings is 1. The van der Waals surface area contributed by atoms with Crippen LogP contribution in [0.3, 0.4) is 0 Å². The molecule has 0 spiro atoms. The lowest BCUT2D eigenvalue weighted by Gasteiger charge is -2.33. The zero-order valence-electron chi connectivity index (χ0n) is 16.1. The van der Waals surface area contributed by atoms with Crippen molar-refractivity contribution < 1.29 is 13.2 Å². The van der Waals surface area contributed by atoms with Gasteiger partial charge in [-0.2, -0.15) is 4.72 Å². The second kappa shape index (κ2) is 7.92. The lowest BCUT2D eigenvalue weighted by atomic mass is 9.96. The molecule has 0 radical (unpaired) electrons. The van der Waals surface area contributed by atoms with Crippen LogP contribution in [0.25, 0.3) is 5.65 Å². The number of benzene rings is 1. The Bertz CT molecular complexity index is 1110. The highest BCUT2D eigenvalue weighted by Crippen LogP contribution is 2.26. The Morgan fingerprint density at radius 3 is 2.69 bits per heavy atom. The number of carbonyl (C=O) groups excluding carboxylic acids is 1. The van der Waals surface area contributed by atoms with Gasteiger partial charge in [-0.05, 0) is 44.0 Å². The number of carbonyl (C=O) groups is 1. The number of aromatic nitrogens is 3. The van der Waals surface area contributed by atoms with Gasteiger partial charge in [-0.15, -0.1) is 10.2 Å². The third-order valence-corrected chi connectivity index (χ3v) is 6.75. The summed E-state index contributed by atoms with van der Waals surface area (Å²) >= 11 is 0. The maximum atomic E-state index is 12.9. The first-order valence-corrected chi connectivity index (χ1v) is 11.1. The number of fused-ring (bicyclic) bond motifs is 1. The van der Waals surface area contributed by atoms with Crippen LogP contribution in [0.15, 0.2) is 59.6 Å². The zero-order valence-corrected chi connectivity index (χ0v) is 16.9. The highest BCUT2D eigenvalue weighted by atomic mass is 32.2. The summed E-state index contributed by atoms with van der Waals surface area (Å²) in [5, 5.41) is 8.52. The van der Waals surface area contributed by atoms with E-state index in [2.05, 4.69) is 14.9 Å². The van der Waals surface area contributed by atoms with Gasteiger partial charge in [-0.1, -0.05) is 24.3 Å². The largest absolute Gasteiger partial charge is 0.341 e. The molecule has 3 heterocycles. The molecule has 1 unspecified atom stereocenters. The van der Waals surface area contributed by atoms with Gasteiger partial charge in [0.1, 0.15) is 5.82 Å². The molecule has 0 aliphatic carbocycles. The monoisotopic (exact) mass is 413 g/mol. The Labute approximate surface area is 169 Å². The van der Waals surface area contributed by atoms with Crippen molar-refractivity contribution >= 4 is 21.6 Å². The molecular weight excluding hydrogens is 390 g/mol. The lowest BCUT2D eigenvalue weighted by Crippen LogP contribution is -2.49. The fraction of sp³-hybridized carbons (Fsp3) is 0.350. The third-order valence-electron chi connectivity index (χ3n) is 5.19. The van der Waals surface area contributed by atoms with E-state index in [-0.39, 0.29) is 16.7 Å². The average Bonchev–Trinajstić information content (AvgIpc) is 3.18. The molecule has 1 aliphatic heterocycles. The van der Waals surface area contributed by atoms with E-state index in [0.29, 0.717) is 13.1 Å². The van der Waals surface area contributed by atoms with Crippen LogP contribution in [0.1, 0.15) is 31.5 Å². The summed E-state index contributed by atoms with van der Waals surface area (Å²) in [6, 6.07) is 12.9. The molecular formula is C20H23N5O3S. The molecule has 2 atom stereocenters. The Morgan fingerprint density at radius 1 is 1.14 bits per heavy atom. The maximum absolute atomic E-state index is 12.9. The number of hydrogen-bond donors (Lipinski definition) is 1. The van der Waals surface area contributed by atoms with Crippen LogP contribution in [0, 0.1) is 0 Å². The summed E-state index contributed by atoms with van der Waals surface area (Å²) in [5.41, 5.74) is 0.773. The molecule has 0 saturated carbocycles. The van der Waals surface area contributed by atoms with Crippen LogP contribution in [-0.2, 0) is 14.8 Å². The van der Waals surface area contributed by atoms with Crippen molar-refractivity contribution in [3.63, 3.8) is 0 Å². The van der Waals surface area contributed by atoms with E-state index in [9.17, 15) is 13.2 Å². The summed E-state index contributed by atoms with van der Waals surface area (Å²) in [5.74, 6) is 0.654. The molecule has 1 aliphatic rings. The van der Waals surface area contributed by atoms with Crippen LogP contribution in [-0.4, -0.2) is 53.0 Å². The normalized spacial score (nSPS) is 18.7. The zero-order chi connectivity index (χ0) is 20.4. The van der Waals surface area contributed by atoms with Gasteiger partial charge >= 0.3 is 0 Å². The van der Waals surface area contributed by atoms with Crippen molar-refractivity contribution in [2.75, 3.05) is 13.1 Å². The van der Waals surface area contributed by atoms with E-state index in [1.807, 2.05) is 28.8 Å². The number of likely N-dealkylation sites (tertiary alicyclic amines) is 1. The predicted molar refractivity (Wildman–Crippen MR) is 108 cm³/mol. The van der Waals surface area contributed by atoms with Gasteiger partial charge in [0.2, 0.25) is 15.9 Å². The van der Waals surface area contributed by atoms with Crippen LogP contribution >= 0.6 is 0 Å². The number of sulfonamides is 1. The van der Waals surface area contributed by atoms with Gasteiger partial charge in [0, 0.05) is 25.2 Å². The number of nitrogens with zero attached hydrogens (tertiary/aromatic N) is 4. The standard InChI is InChI=1S/C20H23N5O3S/c1-15(23-29(27,28)17-9-3-2-4-10-17)20(26)24-12-7-8-16(14-24)19-22-21-18-11-5-6-13-25(18)19/h2-6,9-11,13,15-16,23H,7-8,12,14H2,1H3/t15-,16?/m0/s1. The third kappa shape index (κ3) is 4.01. The smallest absolute Gasteiger partial charge is 0.241 e. The predicted octanol–water partition coefficient (Wildman–Crippen LogP) is 1.80. The van der Waals surface area contributed by atoms with Crippen LogP contribution in [0.4, 0.5) is 0 Å². The topological polar surface area (TPSA) is 96.7 Å². The molecule has 1 N–H and O–H groups in total. The van der Waals surface area contributed by atoms with Crippen molar-refractivity contribution in [2.24, 2.45) is 0 Å². The molecule has 29 heavy (non-hydrogen) atoms. The van der Waals surface area contributed by atoms with E-state index in [0.717, 1.165) is 24.3 Å². The second-order valence-corrected chi connectivity index (χ2v) is 8.98. The molecule has 0 bridgehead atoms. The first kappa shape index (κ1) is 19.5. The van der Waals surface area contributed by atoms with Crippen LogP contribution < -0.4 is 4.72 Å². The van der Waals surface area contributed by atoms with E-state index >= 15 is 0 Å². The summed E-state index contributed by atoms with van der Waals surface area (Å²) in [6.45, 7) is 2.67. The minimum absolute atomic E-state index is 0.0584. The van der Waals surface area contributed by atoms with Gasteiger partial charge in [0.15, 0.2) is 5.65 Å². The van der Waals surface area contributed by atoms with Crippen molar-refractivity contribution in [3.8, 4) is 0 Å². The van der Waals surface area contributed by atoms with Gasteiger partial charge in [0.05, 0.1) is 10.9 Å². The first-order chi connectivity index (χ1) is 14.0. The molecule has 1 amide bonds. The Balaban J connectivity index is 1.47. The SMILES string of the molecule is C[C@H](NS(=O)(=O)c1ccccc1)C(=O)N1CCCC(c2nnc3ccccn23)C1. The van der Waals surface area contributed by atoms with E-state index < -0.39 is 16.1 Å². The van der Waals surface area contributed by atoms with Gasteiger partial charge in [-0.3, -0.25) is 9.20 Å². The molecule has 1 fully saturated rings. The number of rotatable bonds is 5. The summed E-state index contributed by atoms with van der Waals surface area (Å²) < 4.78 is 29.5. The van der Waals surface area contributed by atoms with Crippen molar-refractivity contribution in [1.82, 2.24) is 24.2 Å². The summed E-state index contributed by atoms with van der Waals surface area (Å²) in [4.78, 5) is 14.8. The fourth-order valence-corrected chi connectivity index (χ4v) is 4.97. The Hall–Kier alpha value is -2.78. The number of amides is 1. The number of nitrogens with one attached hydrogen (secondary N) is 1. The van der Waals surface area contributed by atoms with Crippen molar-refractivity contribution in [3.05, 3.63) is 60.6 Å². The second-order valence-electron chi connectivity index (χ2n) is 7.27. The molecule has 8 nitrogen and oxygen atoms in total. The first-order valence-electron chi connectivity index (χ1n) is 9.61. The molecule has 2 aromatic heterocycles. The van der Waals surface area contributed by atoms with Crippen molar-refractivity contribution in [2.45, 2.75) is 36.6 Å². The molecule has 4 rings (SSSR count). The summed E-state index contributed by atoms with van der Waals surface area (Å²) in [6.07, 6.45) is 3.65. The average molecular weight is 414 g/mol. The van der Waals surface area contributed by atoms with Crippen molar-refractivity contribution in [1.29, 1.82) is 0 Å². The molecule has 1 saturated heterocycles. The highest BCUT2D eigenvalue weighted by Gasteiger charge is 2.31. The molecule has 3 aromatic rings. The Morgan fingerprint density at radius 2 is 1.90 bits per heavy atom. The van der Waals surface area contributed by atoms with Gasteiger partial charge in [0.25, 0.3) is 0 Å². The fourth-order valence-electron chi connectivity index (χ4n) is 3.75. The quantitative estimate of drug-likeness (QED) is 0.688. The minimum Gasteiger partial charge on any atom is -0.341 e. The van der Waals surface area contributed by atoms with E-state index in [1.54, 1.807) is 30.0 Å². The molecule has 1 aromatic carbocycles. The molecule has 9 heteroatoms.